The van der Waals surface area contributed by atoms with Gasteiger partial charge in [-0.25, -0.2) is 12.8 Å². The number of sulfone groups is 1. The Balaban J connectivity index is 2.41. The maximum absolute atomic E-state index is 13.2. The molecular formula is C13H19FO3S. The maximum Gasteiger partial charge on any atom is 0.152 e. The van der Waals surface area contributed by atoms with E-state index in [0.717, 1.165) is 0 Å². The molecule has 0 radical (unpaired) electrons. The van der Waals surface area contributed by atoms with Crippen molar-refractivity contribution >= 4 is 9.84 Å². The maximum atomic E-state index is 13.2. The molecule has 0 saturated heterocycles. The van der Waals surface area contributed by atoms with Crippen LogP contribution in [0.4, 0.5) is 4.39 Å². The van der Waals surface area contributed by atoms with Gasteiger partial charge in [-0.2, -0.15) is 0 Å². The fourth-order valence-corrected chi connectivity index (χ4v) is 2.34. The highest BCUT2D eigenvalue weighted by Crippen LogP contribution is 2.16. The molecule has 0 fully saturated rings. The van der Waals surface area contributed by atoms with Gasteiger partial charge in [0.2, 0.25) is 0 Å². The van der Waals surface area contributed by atoms with E-state index in [0.29, 0.717) is 17.7 Å². The first-order valence-corrected chi connectivity index (χ1v) is 7.65. The van der Waals surface area contributed by atoms with Crippen molar-refractivity contribution in [2.45, 2.75) is 32.4 Å². The first-order valence-electron chi connectivity index (χ1n) is 5.93. The van der Waals surface area contributed by atoms with Crippen molar-refractivity contribution in [2.75, 3.05) is 12.4 Å². The van der Waals surface area contributed by atoms with Gasteiger partial charge in [0.05, 0.1) is 17.6 Å². The van der Waals surface area contributed by atoms with Crippen LogP contribution in [0.25, 0.3) is 0 Å². The van der Waals surface area contributed by atoms with Gasteiger partial charge in [0.25, 0.3) is 0 Å². The van der Waals surface area contributed by atoms with E-state index in [1.807, 2.05) is 0 Å². The minimum atomic E-state index is -3.02. The standard InChI is InChI=1S/C13H19FO3S/c1-10(2)18(15,16)8-4-7-17-12-6-5-11(3)13(14)9-12/h5-6,9-10H,4,7-8H2,1-3H3. The topological polar surface area (TPSA) is 43.4 Å². The zero-order valence-corrected chi connectivity index (χ0v) is 11.8. The second kappa shape index (κ2) is 6.18. The lowest BCUT2D eigenvalue weighted by molar-refractivity contribution is 0.316. The largest absolute Gasteiger partial charge is 0.493 e. The van der Waals surface area contributed by atoms with Gasteiger partial charge in [0, 0.05) is 6.07 Å². The number of hydrogen-bond acceptors (Lipinski definition) is 3. The summed E-state index contributed by atoms with van der Waals surface area (Å²) in [5, 5.41) is -0.366. The zero-order chi connectivity index (χ0) is 13.8. The van der Waals surface area contributed by atoms with E-state index in [2.05, 4.69) is 0 Å². The summed E-state index contributed by atoms with van der Waals surface area (Å²) < 4.78 is 41.6. The molecule has 18 heavy (non-hydrogen) atoms. The van der Waals surface area contributed by atoms with E-state index >= 15 is 0 Å². The Labute approximate surface area is 108 Å². The van der Waals surface area contributed by atoms with Gasteiger partial charge in [-0.3, -0.25) is 0 Å². The summed E-state index contributed by atoms with van der Waals surface area (Å²) in [4.78, 5) is 0. The van der Waals surface area contributed by atoms with E-state index in [1.165, 1.54) is 6.07 Å². The molecule has 1 aromatic rings. The van der Waals surface area contributed by atoms with Crippen LogP contribution in [0.1, 0.15) is 25.8 Å². The highest BCUT2D eigenvalue weighted by Gasteiger charge is 2.15. The second-order valence-electron chi connectivity index (χ2n) is 4.53. The van der Waals surface area contributed by atoms with Crippen LogP contribution in [0.5, 0.6) is 5.75 Å². The van der Waals surface area contributed by atoms with Gasteiger partial charge in [0.15, 0.2) is 9.84 Å². The van der Waals surface area contributed by atoms with Crippen LogP contribution in [0.2, 0.25) is 0 Å². The Kier molecular flexibility index (Phi) is 5.14. The molecule has 0 bridgehead atoms. The molecule has 5 heteroatoms. The molecule has 0 atom stereocenters. The third kappa shape index (κ3) is 4.29. The zero-order valence-electron chi connectivity index (χ0n) is 10.9. The van der Waals surface area contributed by atoms with Crippen LogP contribution in [-0.2, 0) is 9.84 Å². The van der Waals surface area contributed by atoms with Crippen LogP contribution >= 0.6 is 0 Å². The number of halogens is 1. The van der Waals surface area contributed by atoms with E-state index < -0.39 is 9.84 Å². The van der Waals surface area contributed by atoms with Crippen molar-refractivity contribution in [3.8, 4) is 5.75 Å². The molecule has 102 valence electrons. The highest BCUT2D eigenvalue weighted by atomic mass is 32.2. The van der Waals surface area contributed by atoms with E-state index in [9.17, 15) is 12.8 Å². The van der Waals surface area contributed by atoms with Crippen molar-refractivity contribution in [3.05, 3.63) is 29.6 Å². The third-order valence-corrected chi connectivity index (χ3v) is 5.00. The summed E-state index contributed by atoms with van der Waals surface area (Å²) in [7, 11) is -3.02. The molecule has 0 aliphatic carbocycles. The van der Waals surface area contributed by atoms with Gasteiger partial charge >= 0.3 is 0 Å². The number of aryl methyl sites for hydroxylation is 1. The lowest BCUT2D eigenvalue weighted by Crippen LogP contribution is -2.19. The molecule has 0 aliphatic rings. The molecule has 3 nitrogen and oxygen atoms in total. The van der Waals surface area contributed by atoms with E-state index in [1.54, 1.807) is 32.9 Å². The van der Waals surface area contributed by atoms with Gasteiger partial charge < -0.3 is 4.74 Å². The molecule has 0 saturated carbocycles. The van der Waals surface area contributed by atoms with Crippen molar-refractivity contribution in [2.24, 2.45) is 0 Å². The van der Waals surface area contributed by atoms with Gasteiger partial charge in [0.1, 0.15) is 11.6 Å². The molecule has 0 amide bonds. The third-order valence-electron chi connectivity index (χ3n) is 2.70. The van der Waals surface area contributed by atoms with Crippen LogP contribution in [-0.4, -0.2) is 26.0 Å². The van der Waals surface area contributed by atoms with E-state index in [-0.39, 0.29) is 23.4 Å². The summed E-state index contributed by atoms with van der Waals surface area (Å²) in [5.41, 5.74) is 0.560. The molecule has 1 aromatic carbocycles. The molecule has 1 rings (SSSR count). The first-order chi connectivity index (χ1) is 8.33. The minimum Gasteiger partial charge on any atom is -0.493 e. The fourth-order valence-electron chi connectivity index (χ4n) is 1.35. The Hall–Kier alpha value is -1.10. The average Bonchev–Trinajstić information content (AvgIpc) is 2.29. The Morgan fingerprint density at radius 2 is 2.00 bits per heavy atom. The molecule has 0 N–H and O–H groups in total. The van der Waals surface area contributed by atoms with Crippen molar-refractivity contribution < 1.29 is 17.5 Å². The Morgan fingerprint density at radius 1 is 1.33 bits per heavy atom. The Morgan fingerprint density at radius 3 is 2.56 bits per heavy atom. The fraction of sp³-hybridized carbons (Fsp3) is 0.538. The average molecular weight is 274 g/mol. The summed E-state index contributed by atoms with van der Waals surface area (Å²) in [6.45, 7) is 5.26. The summed E-state index contributed by atoms with van der Waals surface area (Å²) >= 11 is 0. The molecule has 0 unspecified atom stereocenters. The number of rotatable bonds is 6. The van der Waals surface area contributed by atoms with Crippen molar-refractivity contribution in [1.29, 1.82) is 0 Å². The summed E-state index contributed by atoms with van der Waals surface area (Å²) in [6, 6.07) is 4.62. The molecule has 0 aliphatic heterocycles. The van der Waals surface area contributed by atoms with Gasteiger partial charge in [-0.15, -0.1) is 0 Å². The SMILES string of the molecule is Cc1ccc(OCCCS(=O)(=O)C(C)C)cc1F. The van der Waals surface area contributed by atoms with E-state index in [4.69, 9.17) is 4.74 Å². The van der Waals surface area contributed by atoms with Gasteiger partial charge in [-0.1, -0.05) is 6.07 Å². The number of hydrogen-bond donors (Lipinski definition) is 0. The first kappa shape index (κ1) is 15.0. The molecular weight excluding hydrogens is 255 g/mol. The molecule has 0 spiro atoms. The van der Waals surface area contributed by atoms with Gasteiger partial charge in [-0.05, 0) is 38.8 Å². The van der Waals surface area contributed by atoms with Crippen LogP contribution in [0.3, 0.4) is 0 Å². The predicted molar refractivity (Wildman–Crippen MR) is 70.2 cm³/mol. The lowest BCUT2D eigenvalue weighted by atomic mass is 10.2. The highest BCUT2D eigenvalue weighted by molar-refractivity contribution is 7.91. The van der Waals surface area contributed by atoms with Crippen molar-refractivity contribution in [1.82, 2.24) is 0 Å². The minimum absolute atomic E-state index is 0.0962. The normalized spacial score (nSPS) is 11.8. The number of ether oxygens (including phenoxy) is 1. The predicted octanol–water partition coefficient (Wildman–Crippen LogP) is 2.73. The second-order valence-corrected chi connectivity index (χ2v) is 7.21. The smallest absolute Gasteiger partial charge is 0.152 e. The number of benzene rings is 1. The summed E-state index contributed by atoms with van der Waals surface area (Å²) in [6.07, 6.45) is 0.413. The lowest BCUT2D eigenvalue weighted by Gasteiger charge is -2.09. The quantitative estimate of drug-likeness (QED) is 0.749. The monoisotopic (exact) mass is 274 g/mol. The molecule has 0 aromatic heterocycles. The van der Waals surface area contributed by atoms with Crippen LogP contribution in [0, 0.1) is 12.7 Å². The van der Waals surface area contributed by atoms with Crippen LogP contribution in [0.15, 0.2) is 18.2 Å². The van der Waals surface area contributed by atoms with Crippen LogP contribution < -0.4 is 4.74 Å². The summed E-state index contributed by atoms with van der Waals surface area (Å²) in [5.74, 6) is 0.210. The molecule has 0 heterocycles. The van der Waals surface area contributed by atoms with Crippen molar-refractivity contribution in [3.63, 3.8) is 0 Å². The Bertz CT molecular complexity index is 495.